The Hall–Kier alpha value is -2.37. The molecule has 6 nitrogen and oxygen atoms in total. The third-order valence-corrected chi connectivity index (χ3v) is 8.11. The molecule has 172 valence electrons. The number of benzene rings is 1. The lowest BCUT2D eigenvalue weighted by Crippen LogP contribution is -2.39. The second-order valence-electron chi connectivity index (χ2n) is 10.7. The van der Waals surface area contributed by atoms with Crippen LogP contribution in [0.3, 0.4) is 0 Å². The first-order chi connectivity index (χ1) is 15.5. The van der Waals surface area contributed by atoms with Gasteiger partial charge in [-0.3, -0.25) is 4.79 Å². The van der Waals surface area contributed by atoms with Crippen molar-refractivity contribution in [3.8, 4) is 5.75 Å². The smallest absolute Gasteiger partial charge is 0.233 e. The van der Waals surface area contributed by atoms with E-state index in [1.54, 1.807) is 7.11 Å². The van der Waals surface area contributed by atoms with E-state index in [4.69, 9.17) is 4.74 Å². The van der Waals surface area contributed by atoms with Crippen LogP contribution in [-0.4, -0.2) is 45.8 Å². The van der Waals surface area contributed by atoms with Crippen LogP contribution < -0.4 is 4.74 Å². The Morgan fingerprint density at radius 1 is 1.12 bits per heavy atom. The van der Waals surface area contributed by atoms with E-state index >= 15 is 0 Å². The van der Waals surface area contributed by atoms with Gasteiger partial charge >= 0.3 is 0 Å². The molecule has 0 bridgehead atoms. The number of carbonyl (C=O) groups is 1. The molecule has 5 rings (SSSR count). The fraction of sp³-hybridized carbons (Fsp3) is 0.654. The summed E-state index contributed by atoms with van der Waals surface area (Å²) < 4.78 is 7.57. The normalized spacial score (nSPS) is 23.6. The topological polar surface area (TPSA) is 60.2 Å². The number of rotatable bonds is 6. The molecule has 3 aliphatic rings. The molecule has 1 amide bonds. The fourth-order valence-corrected chi connectivity index (χ4v) is 6.27. The second kappa shape index (κ2) is 8.20. The van der Waals surface area contributed by atoms with Gasteiger partial charge in [0.05, 0.1) is 12.5 Å². The minimum Gasteiger partial charge on any atom is -0.497 e. The second-order valence-corrected chi connectivity index (χ2v) is 10.7. The molecule has 6 heteroatoms. The number of hydrogen-bond acceptors (Lipinski definition) is 4. The molecule has 2 aromatic rings. The largest absolute Gasteiger partial charge is 0.497 e. The van der Waals surface area contributed by atoms with Gasteiger partial charge in [0.2, 0.25) is 5.91 Å². The number of methoxy groups -OCH3 is 1. The van der Waals surface area contributed by atoms with Crippen molar-refractivity contribution in [2.75, 3.05) is 20.2 Å². The SMILES string of the molecule is COc1ccc(C2(C(=O)N3CC(c4nncn4CC(C)C)C4(CCCCC4)C3)CC2)cc1. The summed E-state index contributed by atoms with van der Waals surface area (Å²) in [6, 6.07) is 8.11. The van der Waals surface area contributed by atoms with Gasteiger partial charge in [0.25, 0.3) is 0 Å². The fourth-order valence-electron chi connectivity index (χ4n) is 6.27. The lowest BCUT2D eigenvalue weighted by Gasteiger charge is -2.37. The van der Waals surface area contributed by atoms with Crippen molar-refractivity contribution in [1.82, 2.24) is 19.7 Å². The predicted octanol–water partition coefficient (Wildman–Crippen LogP) is 4.55. The van der Waals surface area contributed by atoms with Crippen LogP contribution in [0.2, 0.25) is 0 Å². The summed E-state index contributed by atoms with van der Waals surface area (Å²) in [7, 11) is 1.68. The van der Waals surface area contributed by atoms with Crippen LogP contribution in [0.25, 0.3) is 0 Å². The molecule has 1 saturated heterocycles. The van der Waals surface area contributed by atoms with E-state index in [2.05, 4.69) is 45.6 Å². The minimum atomic E-state index is -0.345. The van der Waals surface area contributed by atoms with Gasteiger partial charge in [0.1, 0.15) is 17.9 Å². The Morgan fingerprint density at radius 3 is 2.47 bits per heavy atom. The van der Waals surface area contributed by atoms with Crippen LogP contribution in [0, 0.1) is 11.3 Å². The summed E-state index contributed by atoms with van der Waals surface area (Å²) in [5.74, 6) is 3.05. The lowest BCUT2D eigenvalue weighted by molar-refractivity contribution is -0.133. The summed E-state index contributed by atoms with van der Waals surface area (Å²) in [5.41, 5.74) is 0.932. The van der Waals surface area contributed by atoms with Gasteiger partial charge in [0, 0.05) is 25.6 Å². The van der Waals surface area contributed by atoms with Gasteiger partial charge in [-0.2, -0.15) is 0 Å². The Balaban J connectivity index is 1.43. The number of hydrogen-bond donors (Lipinski definition) is 0. The van der Waals surface area contributed by atoms with Crippen molar-refractivity contribution in [2.24, 2.45) is 11.3 Å². The molecule has 0 N–H and O–H groups in total. The van der Waals surface area contributed by atoms with Gasteiger partial charge < -0.3 is 14.2 Å². The number of nitrogens with zero attached hydrogens (tertiary/aromatic N) is 4. The molecule has 1 unspecified atom stereocenters. The minimum absolute atomic E-state index is 0.145. The van der Waals surface area contributed by atoms with Crippen LogP contribution in [0.5, 0.6) is 5.75 Å². The molecular weight excluding hydrogens is 400 g/mol. The third-order valence-electron chi connectivity index (χ3n) is 8.11. The maximum absolute atomic E-state index is 13.9. The third kappa shape index (κ3) is 3.61. The zero-order chi connectivity index (χ0) is 22.3. The van der Waals surface area contributed by atoms with Gasteiger partial charge in [-0.1, -0.05) is 45.2 Å². The number of ether oxygens (including phenoxy) is 1. The number of aromatic nitrogens is 3. The molecule has 2 saturated carbocycles. The molecule has 1 aromatic carbocycles. The van der Waals surface area contributed by atoms with Crippen LogP contribution >= 0.6 is 0 Å². The molecule has 32 heavy (non-hydrogen) atoms. The van der Waals surface area contributed by atoms with Crippen molar-refractivity contribution >= 4 is 5.91 Å². The first-order valence-corrected chi connectivity index (χ1v) is 12.3. The summed E-state index contributed by atoms with van der Waals surface area (Å²) in [4.78, 5) is 16.1. The van der Waals surface area contributed by atoms with Crippen molar-refractivity contribution in [2.45, 2.75) is 76.7 Å². The van der Waals surface area contributed by atoms with Crippen LogP contribution in [0.1, 0.15) is 76.1 Å². The standard InChI is InChI=1S/C26H36N4O2/c1-19(2)15-30-18-27-28-23(30)22-16-29(17-25(22)11-5-4-6-12-25)24(31)26(13-14-26)20-7-9-21(32-3)10-8-20/h7-10,18-19,22H,4-6,11-17H2,1-3H3. The number of likely N-dealkylation sites (tertiary alicyclic amines) is 1. The number of amides is 1. The monoisotopic (exact) mass is 436 g/mol. The van der Waals surface area contributed by atoms with E-state index in [-0.39, 0.29) is 16.7 Å². The van der Waals surface area contributed by atoms with E-state index in [1.807, 2.05) is 18.5 Å². The van der Waals surface area contributed by atoms with E-state index < -0.39 is 0 Å². The predicted molar refractivity (Wildman–Crippen MR) is 124 cm³/mol. The van der Waals surface area contributed by atoms with E-state index in [0.29, 0.717) is 11.8 Å². The van der Waals surface area contributed by atoms with Crippen molar-refractivity contribution < 1.29 is 9.53 Å². The molecular formula is C26H36N4O2. The average molecular weight is 437 g/mol. The molecule has 0 radical (unpaired) electrons. The van der Waals surface area contributed by atoms with Gasteiger partial charge in [-0.25, -0.2) is 0 Å². The number of carbonyl (C=O) groups excluding carboxylic acids is 1. The van der Waals surface area contributed by atoms with Crippen molar-refractivity contribution in [3.05, 3.63) is 42.0 Å². The summed E-state index contributed by atoms with van der Waals surface area (Å²) in [5, 5.41) is 8.90. The lowest BCUT2D eigenvalue weighted by atomic mass is 9.67. The molecule has 1 atom stereocenters. The van der Waals surface area contributed by atoms with Crippen molar-refractivity contribution in [1.29, 1.82) is 0 Å². The zero-order valence-corrected chi connectivity index (χ0v) is 19.7. The van der Waals surface area contributed by atoms with Crippen LogP contribution in [-0.2, 0) is 16.8 Å². The molecule has 1 spiro atoms. The average Bonchev–Trinajstić information content (AvgIpc) is 3.38. The Kier molecular flexibility index (Phi) is 5.50. The van der Waals surface area contributed by atoms with Crippen molar-refractivity contribution in [3.63, 3.8) is 0 Å². The quantitative estimate of drug-likeness (QED) is 0.666. The molecule has 1 aromatic heterocycles. The zero-order valence-electron chi connectivity index (χ0n) is 19.7. The van der Waals surface area contributed by atoms with E-state index in [9.17, 15) is 4.79 Å². The highest BCUT2D eigenvalue weighted by Crippen LogP contribution is 2.55. The summed E-state index contributed by atoms with van der Waals surface area (Å²) in [6.45, 7) is 7.03. The highest BCUT2D eigenvalue weighted by atomic mass is 16.5. The Morgan fingerprint density at radius 2 is 1.84 bits per heavy atom. The van der Waals surface area contributed by atoms with Gasteiger partial charge in [0.15, 0.2) is 0 Å². The summed E-state index contributed by atoms with van der Waals surface area (Å²) >= 11 is 0. The Labute approximate surface area is 191 Å². The van der Waals surface area contributed by atoms with Crippen LogP contribution in [0.4, 0.5) is 0 Å². The maximum Gasteiger partial charge on any atom is 0.233 e. The van der Waals surface area contributed by atoms with Gasteiger partial charge in [-0.15, -0.1) is 10.2 Å². The van der Waals surface area contributed by atoms with Crippen LogP contribution in [0.15, 0.2) is 30.6 Å². The first kappa shape index (κ1) is 21.5. The van der Waals surface area contributed by atoms with E-state index in [1.165, 1.54) is 32.1 Å². The molecule has 2 heterocycles. The molecule has 3 fully saturated rings. The first-order valence-electron chi connectivity index (χ1n) is 12.3. The maximum atomic E-state index is 13.9. The molecule has 2 aliphatic carbocycles. The Bertz CT molecular complexity index is 954. The van der Waals surface area contributed by atoms with E-state index in [0.717, 1.165) is 49.6 Å². The highest BCUT2D eigenvalue weighted by Gasteiger charge is 2.58. The molecule has 1 aliphatic heterocycles. The summed E-state index contributed by atoms with van der Waals surface area (Å²) in [6.07, 6.45) is 9.94. The van der Waals surface area contributed by atoms with Gasteiger partial charge in [-0.05, 0) is 54.7 Å². The highest BCUT2D eigenvalue weighted by molar-refractivity contribution is 5.91.